The van der Waals surface area contributed by atoms with Gasteiger partial charge in [0.25, 0.3) is 5.91 Å². The van der Waals surface area contributed by atoms with Crippen molar-refractivity contribution in [1.29, 1.82) is 0 Å². The van der Waals surface area contributed by atoms with Crippen LogP contribution >= 0.6 is 24.0 Å². The van der Waals surface area contributed by atoms with Crippen molar-refractivity contribution >= 4 is 40.3 Å². The fourth-order valence-corrected chi connectivity index (χ4v) is 3.87. The lowest BCUT2D eigenvalue weighted by atomic mass is 10.1. The number of aryl methyl sites for hydroxylation is 2. The molecule has 0 spiro atoms. The molecule has 0 N–H and O–H groups in total. The third kappa shape index (κ3) is 5.11. The average Bonchev–Trinajstić information content (AvgIpc) is 2.86. The summed E-state index contributed by atoms with van der Waals surface area (Å²) >= 11 is 6.46. The van der Waals surface area contributed by atoms with Crippen LogP contribution in [0, 0.1) is 13.8 Å². The van der Waals surface area contributed by atoms with E-state index in [-0.39, 0.29) is 5.91 Å². The van der Waals surface area contributed by atoms with E-state index in [9.17, 15) is 4.79 Å². The van der Waals surface area contributed by atoms with Crippen molar-refractivity contribution in [3.05, 3.63) is 64.1 Å². The highest BCUT2D eigenvalue weighted by molar-refractivity contribution is 8.26. The van der Waals surface area contributed by atoms with Crippen molar-refractivity contribution in [1.82, 2.24) is 4.90 Å². The van der Waals surface area contributed by atoms with Crippen molar-refractivity contribution in [2.24, 2.45) is 0 Å². The molecule has 3 rings (SSSR count). The highest BCUT2D eigenvalue weighted by Crippen LogP contribution is 2.31. The van der Waals surface area contributed by atoms with Crippen LogP contribution in [0.1, 0.15) is 16.7 Å². The number of thioether (sulfide) groups is 1. The zero-order chi connectivity index (χ0) is 19.4. The van der Waals surface area contributed by atoms with Crippen LogP contribution < -0.4 is 9.47 Å². The van der Waals surface area contributed by atoms with Gasteiger partial charge in [-0.15, -0.1) is 0 Å². The molecule has 1 amide bonds. The van der Waals surface area contributed by atoms with E-state index < -0.39 is 0 Å². The van der Waals surface area contributed by atoms with Gasteiger partial charge in [-0.3, -0.25) is 9.69 Å². The fourth-order valence-electron chi connectivity index (χ4n) is 2.69. The van der Waals surface area contributed by atoms with Gasteiger partial charge in [-0.2, -0.15) is 0 Å². The van der Waals surface area contributed by atoms with Crippen LogP contribution in [0.4, 0.5) is 0 Å². The lowest BCUT2D eigenvalue weighted by Crippen LogP contribution is -2.22. The van der Waals surface area contributed by atoms with Gasteiger partial charge in [0.2, 0.25) is 0 Å². The average molecular weight is 400 g/mol. The summed E-state index contributed by atoms with van der Waals surface area (Å²) in [4.78, 5) is 14.2. The van der Waals surface area contributed by atoms with Crippen LogP contribution in [-0.2, 0) is 4.79 Å². The van der Waals surface area contributed by atoms with E-state index in [1.165, 1.54) is 27.8 Å². The van der Waals surface area contributed by atoms with Gasteiger partial charge in [0.1, 0.15) is 29.0 Å². The summed E-state index contributed by atoms with van der Waals surface area (Å²) in [5, 5.41) is 0. The number of carbonyl (C=O) groups excluding carboxylic acids is 1. The number of carbonyl (C=O) groups is 1. The molecular weight excluding hydrogens is 378 g/mol. The first kappa shape index (κ1) is 19.5. The Morgan fingerprint density at radius 2 is 1.59 bits per heavy atom. The normalized spacial score (nSPS) is 15.5. The summed E-state index contributed by atoms with van der Waals surface area (Å²) in [6, 6.07) is 13.8. The first-order chi connectivity index (χ1) is 12.9. The number of thiocarbonyl (C=S) groups is 1. The third-order valence-electron chi connectivity index (χ3n) is 3.98. The standard InChI is InChI=1S/C21H21NO3S2/c1-14-10-15(2)12-18(11-14)25-9-8-24-17-6-4-16(5-7-17)13-19-20(23)22(3)21(26)27-19/h4-7,10-13H,8-9H2,1-3H3/b19-13+. The monoisotopic (exact) mass is 399 g/mol. The van der Waals surface area contributed by atoms with Crippen molar-refractivity contribution in [3.63, 3.8) is 0 Å². The van der Waals surface area contributed by atoms with E-state index in [4.69, 9.17) is 21.7 Å². The quantitative estimate of drug-likeness (QED) is 0.403. The second-order valence-corrected chi connectivity index (χ2v) is 8.01. The van der Waals surface area contributed by atoms with Gasteiger partial charge in [0.05, 0.1) is 4.91 Å². The molecule has 1 saturated heterocycles. The molecule has 6 heteroatoms. The molecule has 0 aliphatic carbocycles. The number of hydrogen-bond donors (Lipinski definition) is 0. The van der Waals surface area contributed by atoms with Crippen molar-refractivity contribution in [3.8, 4) is 11.5 Å². The molecule has 4 nitrogen and oxygen atoms in total. The minimum absolute atomic E-state index is 0.0612. The molecule has 1 aliphatic heterocycles. The summed E-state index contributed by atoms with van der Waals surface area (Å²) < 4.78 is 12.0. The van der Waals surface area contributed by atoms with E-state index >= 15 is 0 Å². The molecule has 1 heterocycles. The predicted octanol–water partition coefficient (Wildman–Crippen LogP) is 4.59. The summed E-state index contributed by atoms with van der Waals surface area (Å²) in [5.74, 6) is 1.56. The lowest BCUT2D eigenvalue weighted by molar-refractivity contribution is -0.121. The van der Waals surface area contributed by atoms with Gasteiger partial charge < -0.3 is 9.47 Å². The number of nitrogens with zero attached hydrogens (tertiary/aromatic N) is 1. The molecule has 1 aliphatic rings. The minimum Gasteiger partial charge on any atom is -0.490 e. The Morgan fingerprint density at radius 1 is 1.00 bits per heavy atom. The Bertz CT molecular complexity index is 871. The van der Waals surface area contributed by atoms with E-state index in [0.29, 0.717) is 22.4 Å². The molecule has 2 aromatic rings. The first-order valence-corrected chi connectivity index (χ1v) is 9.80. The molecule has 0 atom stereocenters. The highest BCUT2D eigenvalue weighted by Gasteiger charge is 2.28. The summed E-state index contributed by atoms with van der Waals surface area (Å²) in [7, 11) is 1.69. The van der Waals surface area contributed by atoms with Crippen molar-refractivity contribution < 1.29 is 14.3 Å². The van der Waals surface area contributed by atoms with Crippen LogP contribution in [0.25, 0.3) is 6.08 Å². The van der Waals surface area contributed by atoms with Crippen LogP contribution in [0.2, 0.25) is 0 Å². The van der Waals surface area contributed by atoms with E-state index in [1.54, 1.807) is 7.05 Å². The zero-order valence-electron chi connectivity index (χ0n) is 15.5. The molecule has 2 aromatic carbocycles. The zero-order valence-corrected chi connectivity index (χ0v) is 17.2. The first-order valence-electron chi connectivity index (χ1n) is 8.58. The van der Waals surface area contributed by atoms with Crippen LogP contribution in [-0.4, -0.2) is 35.4 Å². The van der Waals surface area contributed by atoms with Gasteiger partial charge in [0.15, 0.2) is 0 Å². The number of benzene rings is 2. The Balaban J connectivity index is 1.51. The van der Waals surface area contributed by atoms with E-state index in [0.717, 1.165) is 17.1 Å². The largest absolute Gasteiger partial charge is 0.490 e. The minimum atomic E-state index is -0.0612. The molecular formula is C21H21NO3S2. The Morgan fingerprint density at radius 3 is 2.15 bits per heavy atom. The molecule has 0 radical (unpaired) electrons. The molecule has 27 heavy (non-hydrogen) atoms. The molecule has 0 saturated carbocycles. The second-order valence-electron chi connectivity index (χ2n) is 6.33. The van der Waals surface area contributed by atoms with Gasteiger partial charge in [0, 0.05) is 7.05 Å². The van der Waals surface area contributed by atoms with Gasteiger partial charge >= 0.3 is 0 Å². The predicted molar refractivity (Wildman–Crippen MR) is 114 cm³/mol. The molecule has 0 aromatic heterocycles. The maximum atomic E-state index is 12.0. The fraction of sp³-hybridized carbons (Fsp3) is 0.238. The van der Waals surface area contributed by atoms with Gasteiger partial charge in [-0.05, 0) is 60.9 Å². The summed E-state index contributed by atoms with van der Waals surface area (Å²) in [6.45, 7) is 5.04. The SMILES string of the molecule is Cc1cc(C)cc(OCCOc2ccc(/C=C3/SC(=S)N(C)C3=O)cc2)c1. The maximum Gasteiger partial charge on any atom is 0.265 e. The number of likely N-dealkylation sites (N-methyl/N-ethyl adjacent to an activating group) is 1. The number of ether oxygens (including phenoxy) is 2. The summed E-state index contributed by atoms with van der Waals surface area (Å²) in [5.41, 5.74) is 3.30. The van der Waals surface area contributed by atoms with Crippen LogP contribution in [0.5, 0.6) is 11.5 Å². The smallest absolute Gasteiger partial charge is 0.265 e. The van der Waals surface area contributed by atoms with Gasteiger partial charge in [-0.25, -0.2) is 0 Å². The Labute approximate surface area is 169 Å². The third-order valence-corrected chi connectivity index (χ3v) is 5.47. The second kappa shape index (κ2) is 8.59. The Hall–Kier alpha value is -2.31. The van der Waals surface area contributed by atoms with E-state index in [1.807, 2.05) is 42.5 Å². The molecule has 140 valence electrons. The van der Waals surface area contributed by atoms with Crippen LogP contribution in [0.15, 0.2) is 47.4 Å². The van der Waals surface area contributed by atoms with Crippen molar-refractivity contribution in [2.75, 3.05) is 20.3 Å². The highest BCUT2D eigenvalue weighted by atomic mass is 32.2. The lowest BCUT2D eigenvalue weighted by Gasteiger charge is -2.10. The summed E-state index contributed by atoms with van der Waals surface area (Å²) in [6.07, 6.45) is 1.84. The van der Waals surface area contributed by atoms with Gasteiger partial charge in [-0.1, -0.05) is 42.2 Å². The topological polar surface area (TPSA) is 38.8 Å². The van der Waals surface area contributed by atoms with Crippen molar-refractivity contribution in [2.45, 2.75) is 13.8 Å². The number of amides is 1. The number of rotatable bonds is 6. The molecule has 0 bridgehead atoms. The van der Waals surface area contributed by atoms with Crippen LogP contribution in [0.3, 0.4) is 0 Å². The molecule has 1 fully saturated rings. The van der Waals surface area contributed by atoms with E-state index in [2.05, 4.69) is 19.9 Å². The molecule has 0 unspecified atom stereocenters. The number of hydrogen-bond acceptors (Lipinski definition) is 5. The maximum absolute atomic E-state index is 12.0. The Kier molecular flexibility index (Phi) is 6.19.